The fourth-order valence-corrected chi connectivity index (χ4v) is 4.21. The van der Waals surface area contributed by atoms with E-state index in [9.17, 15) is 0 Å². The molecule has 4 rings (SSSR count). The first-order valence-electron chi connectivity index (χ1n) is 12.1. The summed E-state index contributed by atoms with van der Waals surface area (Å²) in [5, 5.41) is 0. The quantitative estimate of drug-likeness (QED) is 0.266. The molecule has 0 aliphatic heterocycles. The molecule has 0 amide bonds. The normalized spacial score (nSPS) is 11.9. The molecule has 0 aliphatic carbocycles. The molecule has 0 saturated carbocycles. The smallest absolute Gasteiger partial charge is 0.0361 e. The fraction of sp³-hybridized carbons (Fsp3) is 0.152. The molecule has 4 aromatic carbocycles. The largest absolute Gasteiger partial charge is 0.378 e. The lowest BCUT2D eigenvalue weighted by Crippen LogP contribution is -2.08. The van der Waals surface area contributed by atoms with Crippen LogP contribution in [-0.2, 0) is 0 Å². The number of benzene rings is 4. The van der Waals surface area contributed by atoms with Crippen molar-refractivity contribution in [3.05, 3.63) is 144 Å². The summed E-state index contributed by atoms with van der Waals surface area (Å²) >= 11 is 0. The molecule has 2 nitrogen and oxygen atoms in total. The maximum Gasteiger partial charge on any atom is 0.0361 e. The number of hydrogen-bond donors (Lipinski definition) is 0. The Labute approximate surface area is 210 Å². The fourth-order valence-electron chi connectivity index (χ4n) is 4.21. The van der Waals surface area contributed by atoms with Crippen molar-refractivity contribution in [2.75, 3.05) is 38.0 Å². The molecule has 0 aromatic heterocycles. The van der Waals surface area contributed by atoms with E-state index in [1.54, 1.807) is 0 Å². The Morgan fingerprint density at radius 2 is 0.771 bits per heavy atom. The summed E-state index contributed by atoms with van der Waals surface area (Å²) in [7, 11) is 8.29. The zero-order valence-corrected chi connectivity index (χ0v) is 21.1. The summed E-state index contributed by atoms with van der Waals surface area (Å²) in [4.78, 5) is 4.26. The van der Waals surface area contributed by atoms with Crippen LogP contribution in [0.3, 0.4) is 0 Å². The van der Waals surface area contributed by atoms with Crippen molar-refractivity contribution in [3.63, 3.8) is 0 Å². The first-order chi connectivity index (χ1) is 17.0. The number of nitrogens with zero attached hydrogens (tertiary/aromatic N) is 2. The van der Waals surface area contributed by atoms with Crippen molar-refractivity contribution in [1.29, 1.82) is 0 Å². The molecule has 0 heterocycles. The number of allylic oxidation sites excluding steroid dienone is 2. The molecular weight excluding hydrogens is 424 g/mol. The highest BCUT2D eigenvalue weighted by molar-refractivity contribution is 5.83. The second-order valence-electron chi connectivity index (χ2n) is 9.09. The predicted molar refractivity (Wildman–Crippen MR) is 153 cm³/mol. The second kappa shape index (κ2) is 11.4. The first-order valence-corrected chi connectivity index (χ1v) is 12.1. The number of hydrogen-bond acceptors (Lipinski definition) is 2. The molecule has 0 N–H and O–H groups in total. The summed E-state index contributed by atoms with van der Waals surface area (Å²) in [6.07, 6.45) is 5.52. The van der Waals surface area contributed by atoms with Gasteiger partial charge >= 0.3 is 0 Å². The van der Waals surface area contributed by atoms with Gasteiger partial charge in [-0.2, -0.15) is 0 Å². The molecule has 0 radical (unpaired) electrons. The lowest BCUT2D eigenvalue weighted by atomic mass is 9.94. The molecule has 0 atom stereocenters. The molecule has 0 bridgehead atoms. The first kappa shape index (κ1) is 24.1. The standard InChI is InChI=1S/C33H34N2/c1-34(2)30-22-18-28(19-23-30)32(26-12-7-5-8-13-26)16-11-17-33(27-14-9-6-10-15-27)29-20-24-31(25-21-29)35(3)4/h5-10,12-25H,11H2,1-4H3. The minimum absolute atomic E-state index is 0.833. The number of rotatable bonds is 8. The third-order valence-electron chi connectivity index (χ3n) is 6.20. The van der Waals surface area contributed by atoms with Gasteiger partial charge in [-0.25, -0.2) is 0 Å². The summed E-state index contributed by atoms with van der Waals surface area (Å²) in [6.45, 7) is 0. The maximum atomic E-state index is 2.34. The van der Waals surface area contributed by atoms with Gasteiger partial charge in [-0.05, 0) is 64.1 Å². The van der Waals surface area contributed by atoms with E-state index in [2.05, 4.69) is 159 Å². The van der Waals surface area contributed by atoms with Gasteiger partial charge < -0.3 is 9.80 Å². The van der Waals surface area contributed by atoms with E-state index >= 15 is 0 Å². The van der Waals surface area contributed by atoms with Gasteiger partial charge in [0.2, 0.25) is 0 Å². The van der Waals surface area contributed by atoms with Crippen LogP contribution in [0.1, 0.15) is 28.7 Å². The van der Waals surface area contributed by atoms with Crippen LogP contribution < -0.4 is 9.80 Å². The molecule has 35 heavy (non-hydrogen) atoms. The molecular formula is C33H34N2. The summed E-state index contributed by atoms with van der Waals surface area (Å²) in [5.41, 5.74) is 9.83. The van der Waals surface area contributed by atoms with Crippen LogP contribution >= 0.6 is 0 Å². The van der Waals surface area contributed by atoms with Crippen LogP contribution in [0.4, 0.5) is 11.4 Å². The van der Waals surface area contributed by atoms with E-state index in [1.165, 1.54) is 44.8 Å². The van der Waals surface area contributed by atoms with E-state index in [-0.39, 0.29) is 0 Å². The molecule has 2 heteroatoms. The minimum Gasteiger partial charge on any atom is -0.378 e. The third-order valence-corrected chi connectivity index (χ3v) is 6.20. The highest BCUT2D eigenvalue weighted by Gasteiger charge is 2.08. The Morgan fingerprint density at radius 1 is 0.457 bits per heavy atom. The Balaban J connectivity index is 1.72. The second-order valence-corrected chi connectivity index (χ2v) is 9.09. The Kier molecular flexibility index (Phi) is 7.84. The van der Waals surface area contributed by atoms with E-state index in [1.807, 2.05) is 0 Å². The van der Waals surface area contributed by atoms with Crippen LogP contribution in [-0.4, -0.2) is 28.2 Å². The van der Waals surface area contributed by atoms with E-state index in [4.69, 9.17) is 0 Å². The van der Waals surface area contributed by atoms with Gasteiger partial charge in [0.1, 0.15) is 0 Å². The van der Waals surface area contributed by atoms with Crippen LogP contribution in [0, 0.1) is 0 Å². The lowest BCUT2D eigenvalue weighted by molar-refractivity contribution is 1.13. The van der Waals surface area contributed by atoms with E-state index in [0.717, 1.165) is 6.42 Å². The summed E-state index contributed by atoms with van der Waals surface area (Å²) < 4.78 is 0. The molecule has 0 fully saturated rings. The predicted octanol–water partition coefficient (Wildman–Crippen LogP) is 7.77. The van der Waals surface area contributed by atoms with E-state index < -0.39 is 0 Å². The van der Waals surface area contributed by atoms with E-state index in [0.29, 0.717) is 0 Å². The maximum absolute atomic E-state index is 2.34. The van der Waals surface area contributed by atoms with Gasteiger partial charge in [0.05, 0.1) is 0 Å². The summed E-state index contributed by atoms with van der Waals surface area (Å²) in [6, 6.07) is 38.9. The van der Waals surface area contributed by atoms with Gasteiger partial charge in [0, 0.05) is 39.6 Å². The number of anilines is 2. The zero-order chi connectivity index (χ0) is 24.6. The van der Waals surface area contributed by atoms with Crippen molar-refractivity contribution in [2.24, 2.45) is 0 Å². The average Bonchev–Trinajstić information content (AvgIpc) is 2.90. The van der Waals surface area contributed by atoms with Crippen LogP contribution in [0.5, 0.6) is 0 Å². The van der Waals surface area contributed by atoms with Crippen LogP contribution in [0.25, 0.3) is 11.1 Å². The molecule has 0 saturated heterocycles. The van der Waals surface area contributed by atoms with Crippen LogP contribution in [0.15, 0.2) is 121 Å². The average molecular weight is 459 g/mol. The Hall–Kier alpha value is -4.04. The highest BCUT2D eigenvalue weighted by Crippen LogP contribution is 2.29. The lowest BCUT2D eigenvalue weighted by Gasteiger charge is -2.15. The molecule has 176 valence electrons. The van der Waals surface area contributed by atoms with Crippen LogP contribution in [0.2, 0.25) is 0 Å². The van der Waals surface area contributed by atoms with Gasteiger partial charge in [0.25, 0.3) is 0 Å². The zero-order valence-electron chi connectivity index (χ0n) is 21.1. The van der Waals surface area contributed by atoms with Crippen molar-refractivity contribution in [1.82, 2.24) is 0 Å². The van der Waals surface area contributed by atoms with Gasteiger partial charge in [-0.15, -0.1) is 0 Å². The monoisotopic (exact) mass is 458 g/mol. The Bertz CT molecular complexity index is 1160. The van der Waals surface area contributed by atoms with Crippen molar-refractivity contribution in [2.45, 2.75) is 6.42 Å². The molecule has 0 aliphatic rings. The third kappa shape index (κ3) is 6.10. The summed E-state index contributed by atoms with van der Waals surface area (Å²) in [5.74, 6) is 0. The molecule has 4 aromatic rings. The van der Waals surface area contributed by atoms with Gasteiger partial charge in [-0.1, -0.05) is 97.1 Å². The van der Waals surface area contributed by atoms with Gasteiger partial charge in [0.15, 0.2) is 0 Å². The SMILES string of the molecule is CN(C)c1ccc(C(=CCC=C(c2ccccc2)c2ccc(N(C)C)cc2)c2ccccc2)cc1. The van der Waals surface area contributed by atoms with Crippen molar-refractivity contribution < 1.29 is 0 Å². The minimum atomic E-state index is 0.833. The Morgan fingerprint density at radius 3 is 1.09 bits per heavy atom. The molecule has 0 unspecified atom stereocenters. The van der Waals surface area contributed by atoms with Crippen molar-refractivity contribution in [3.8, 4) is 0 Å². The van der Waals surface area contributed by atoms with Crippen molar-refractivity contribution >= 4 is 22.5 Å². The van der Waals surface area contributed by atoms with Gasteiger partial charge in [-0.3, -0.25) is 0 Å². The topological polar surface area (TPSA) is 6.48 Å². The molecule has 0 spiro atoms. The highest BCUT2D eigenvalue weighted by atomic mass is 15.1.